The second-order valence-electron chi connectivity index (χ2n) is 20.1. The van der Waals surface area contributed by atoms with Gasteiger partial charge in [0.2, 0.25) is 47.3 Å². The molecule has 0 unspecified atom stereocenters. The number of esters is 1. The first-order chi connectivity index (χ1) is 35.2. The molecule has 0 aliphatic rings. The molecule has 17 N–H and O–H groups in total. The quantitative estimate of drug-likeness (QED) is 0.0159. The number of hydrogen-bond acceptors (Lipinski definition) is 17. The van der Waals surface area contributed by atoms with Gasteiger partial charge in [0.15, 0.2) is 12.1 Å². The van der Waals surface area contributed by atoms with E-state index in [4.69, 9.17) is 32.4 Å². The van der Waals surface area contributed by atoms with Gasteiger partial charge in [0, 0.05) is 6.54 Å². The molecule has 0 fully saturated rings. The van der Waals surface area contributed by atoms with Crippen molar-refractivity contribution >= 4 is 65.3 Å². The molecule has 11 atom stereocenters. The Morgan fingerprint density at radius 1 is 0.724 bits per heavy atom. The van der Waals surface area contributed by atoms with Crippen LogP contribution in [0.3, 0.4) is 0 Å². The minimum absolute atomic E-state index is 0.00746. The van der Waals surface area contributed by atoms with Crippen molar-refractivity contribution in [2.24, 2.45) is 45.7 Å². The fourth-order valence-electron chi connectivity index (χ4n) is 7.05. The molecule has 1 aromatic rings. The molecule has 1 rings (SSSR count). The van der Waals surface area contributed by atoms with Gasteiger partial charge in [-0.25, -0.2) is 9.59 Å². The lowest BCUT2D eigenvalue weighted by atomic mass is 9.96. The lowest BCUT2D eigenvalue weighted by Gasteiger charge is -2.31. The van der Waals surface area contributed by atoms with Crippen molar-refractivity contribution < 1.29 is 72.7 Å². The number of guanidine groups is 1. The molecule has 76 heavy (non-hydrogen) atoms. The number of nitrogens with one attached hydrogen (secondary N) is 6. The molecule has 0 aliphatic carbocycles. The highest BCUT2D eigenvalue weighted by molar-refractivity contribution is 6.05. The van der Waals surface area contributed by atoms with Crippen LogP contribution in [-0.4, -0.2) is 165 Å². The molecule has 0 radical (unpaired) electrons. The molecule has 0 saturated heterocycles. The summed E-state index contributed by atoms with van der Waals surface area (Å²) in [5.41, 5.74) is 21.5. The van der Waals surface area contributed by atoms with Crippen LogP contribution >= 0.6 is 0 Å². The van der Waals surface area contributed by atoms with Crippen molar-refractivity contribution in [3.63, 3.8) is 0 Å². The maximum Gasteiger partial charge on any atom is 0.408 e. The van der Waals surface area contributed by atoms with Crippen LogP contribution in [0, 0.1) is 17.8 Å². The maximum atomic E-state index is 14.3. The first-order valence-electron chi connectivity index (χ1n) is 24.9. The fraction of sp³-hybridized carbons (Fsp3) is 0.653. The topological polar surface area (TPSA) is 442 Å². The van der Waals surface area contributed by atoms with Crippen LogP contribution in [-0.2, 0) is 59.2 Å². The minimum Gasteiger partial charge on any atom is -0.459 e. The highest BCUT2D eigenvalue weighted by Gasteiger charge is 2.41. The number of hydrogen-bond donors (Lipinski definition) is 13. The predicted molar refractivity (Wildman–Crippen MR) is 276 cm³/mol. The number of aliphatic hydroxyl groups excluding tert-OH is 3. The monoisotopic (exact) mass is 1080 g/mol. The molecule has 0 aliphatic heterocycles. The van der Waals surface area contributed by atoms with Crippen molar-refractivity contribution in [2.75, 3.05) is 13.1 Å². The van der Waals surface area contributed by atoms with Crippen LogP contribution in [0.15, 0.2) is 35.3 Å². The smallest absolute Gasteiger partial charge is 0.408 e. The summed E-state index contributed by atoms with van der Waals surface area (Å²) in [6, 6.07) is -3.19. The molecular formula is C49H82N12O15. The number of imide groups is 1. The van der Waals surface area contributed by atoms with E-state index in [1.165, 1.54) is 0 Å². The SMILES string of the molecule is CC[C@H](C)[C@H](NC(=O)[C@@H](CCCN=C(N)N)NC(=O)[C@H](CC(C)C)NC(=O)[C@@H](NC(=O)OC(C)(C)C)[C@H](O)C(C)C)C(=O)N[C@H](C(=O)NCC(=O)N(C(=O)[C@@H](N)[C@H](O)C(N)=O)[C@@H](C)C(=O)OCc1ccccc1)[C@H](C)O. The first-order valence-corrected chi connectivity index (χ1v) is 24.9. The normalized spacial score (nSPS) is 15.8. The number of primary amides is 1. The van der Waals surface area contributed by atoms with Crippen molar-refractivity contribution in [3.8, 4) is 0 Å². The number of amides is 9. The third-order valence-electron chi connectivity index (χ3n) is 11.5. The largest absolute Gasteiger partial charge is 0.459 e. The Balaban J connectivity index is 3.50. The van der Waals surface area contributed by atoms with E-state index in [0.717, 1.165) is 13.8 Å². The second kappa shape index (κ2) is 31.8. The number of aliphatic imine (C=N–C) groups is 1. The van der Waals surface area contributed by atoms with Crippen LogP contribution in [0.1, 0.15) is 107 Å². The van der Waals surface area contributed by atoms with Gasteiger partial charge in [0.1, 0.15) is 54.5 Å². The van der Waals surface area contributed by atoms with E-state index in [1.807, 2.05) is 0 Å². The number of nitrogens with two attached hydrogens (primary N) is 4. The molecule has 0 spiro atoms. The van der Waals surface area contributed by atoms with Crippen molar-refractivity contribution in [3.05, 3.63) is 35.9 Å². The van der Waals surface area contributed by atoms with E-state index in [2.05, 4.69) is 36.9 Å². The lowest BCUT2D eigenvalue weighted by molar-refractivity contribution is -0.163. The van der Waals surface area contributed by atoms with Gasteiger partial charge in [-0.05, 0) is 77.2 Å². The standard InChI is InChI=1S/C49H82N12O15/c1-12-26(6)34(43(70)59-35(28(8)62)42(69)55-22-32(63)61(45(72)33(50)38(65)39(51)66)27(7)46(73)75-23-29-17-14-13-15-18-29)58-40(67)30(19-16-20-54-47(52)53)56-41(68)31(21-24(2)3)57-44(71)36(37(64)25(4)5)60-48(74)76-49(9,10)11/h13-15,17-18,24-28,30-31,33-38,62,64-65H,12,16,19-23,50H2,1-11H3,(H2,51,66)(H,55,69)(H,56,68)(H,57,71)(H,58,67)(H,59,70)(H,60,74)(H4,52,53,54)/t26-,27-,28-,30+,31-,33-,34-,35-,36-,37+,38-/m0/s1. The average Bonchev–Trinajstić information content (AvgIpc) is 3.33. The lowest BCUT2D eigenvalue weighted by Crippen LogP contribution is -2.62. The first kappa shape index (κ1) is 67.0. The Kier molecular flexibility index (Phi) is 28.1. The Labute approximate surface area is 443 Å². The zero-order valence-corrected chi connectivity index (χ0v) is 45.3. The van der Waals surface area contributed by atoms with Gasteiger partial charge in [-0.2, -0.15) is 0 Å². The predicted octanol–water partition coefficient (Wildman–Crippen LogP) is -2.86. The van der Waals surface area contributed by atoms with E-state index >= 15 is 0 Å². The number of rotatable bonds is 30. The summed E-state index contributed by atoms with van der Waals surface area (Å²) in [6.45, 7) is 15.7. The summed E-state index contributed by atoms with van der Waals surface area (Å²) in [5, 5.41) is 46.6. The van der Waals surface area contributed by atoms with E-state index in [0.29, 0.717) is 5.56 Å². The number of ether oxygens (including phenoxy) is 2. The number of benzene rings is 1. The molecule has 27 heteroatoms. The van der Waals surface area contributed by atoms with Gasteiger partial charge in [-0.3, -0.25) is 48.2 Å². The summed E-state index contributed by atoms with van der Waals surface area (Å²) in [4.78, 5) is 139. The Hall–Kier alpha value is -6.97. The zero-order valence-electron chi connectivity index (χ0n) is 45.3. The van der Waals surface area contributed by atoms with Gasteiger partial charge in [-0.15, -0.1) is 0 Å². The van der Waals surface area contributed by atoms with E-state index < -0.39 is 144 Å². The number of aliphatic hydroxyl groups is 3. The van der Waals surface area contributed by atoms with Crippen LogP contribution in [0.2, 0.25) is 0 Å². The van der Waals surface area contributed by atoms with E-state index in [1.54, 1.807) is 92.6 Å². The third-order valence-corrected chi connectivity index (χ3v) is 11.5. The number of alkyl carbamates (subject to hydrolysis) is 1. The summed E-state index contributed by atoms with van der Waals surface area (Å²) in [7, 11) is 0. The summed E-state index contributed by atoms with van der Waals surface area (Å²) in [5.74, 6) is -11.9. The Morgan fingerprint density at radius 2 is 1.28 bits per heavy atom. The molecule has 0 heterocycles. The maximum absolute atomic E-state index is 14.3. The van der Waals surface area contributed by atoms with E-state index in [9.17, 15) is 63.3 Å². The Bertz CT molecular complexity index is 2170. The van der Waals surface area contributed by atoms with Crippen LogP contribution in [0.5, 0.6) is 0 Å². The number of carbonyl (C=O) groups is 10. The molecule has 0 saturated carbocycles. The van der Waals surface area contributed by atoms with Crippen molar-refractivity contribution in [1.82, 2.24) is 36.8 Å². The second-order valence-corrected chi connectivity index (χ2v) is 20.1. The van der Waals surface area contributed by atoms with Crippen molar-refractivity contribution in [1.29, 1.82) is 0 Å². The van der Waals surface area contributed by atoms with Crippen molar-refractivity contribution in [2.45, 2.75) is 175 Å². The number of nitrogens with zero attached hydrogens (tertiary/aromatic N) is 2. The zero-order chi connectivity index (χ0) is 58.4. The fourth-order valence-corrected chi connectivity index (χ4v) is 7.05. The molecular weight excluding hydrogens is 997 g/mol. The van der Waals surface area contributed by atoms with Gasteiger partial charge >= 0.3 is 12.1 Å². The highest BCUT2D eigenvalue weighted by Crippen LogP contribution is 2.16. The van der Waals surface area contributed by atoms with Gasteiger partial charge in [0.05, 0.1) is 18.8 Å². The summed E-state index contributed by atoms with van der Waals surface area (Å²) < 4.78 is 10.6. The molecule has 9 amide bonds. The van der Waals surface area contributed by atoms with Crippen LogP contribution in [0.4, 0.5) is 4.79 Å². The summed E-state index contributed by atoms with van der Waals surface area (Å²) >= 11 is 0. The minimum atomic E-state index is -2.30. The highest BCUT2D eigenvalue weighted by atomic mass is 16.6. The third kappa shape index (κ3) is 22.9. The molecule has 1 aromatic carbocycles. The average molecular weight is 1080 g/mol. The van der Waals surface area contributed by atoms with Crippen LogP contribution in [0.25, 0.3) is 0 Å². The summed E-state index contributed by atoms with van der Waals surface area (Å²) in [6.07, 6.45) is -6.15. The molecule has 0 aromatic heterocycles. The molecule has 0 bridgehead atoms. The van der Waals surface area contributed by atoms with Crippen LogP contribution < -0.4 is 54.8 Å². The number of carbonyl (C=O) groups excluding carboxylic acids is 10. The molecule has 27 nitrogen and oxygen atoms in total. The van der Waals surface area contributed by atoms with Gasteiger partial charge in [0.25, 0.3) is 0 Å². The van der Waals surface area contributed by atoms with Gasteiger partial charge < -0.3 is 79.6 Å². The van der Waals surface area contributed by atoms with E-state index in [-0.39, 0.29) is 55.6 Å². The Morgan fingerprint density at radius 3 is 1.79 bits per heavy atom. The molecule has 428 valence electrons. The van der Waals surface area contributed by atoms with Gasteiger partial charge in [-0.1, -0.05) is 78.3 Å².